The van der Waals surface area contributed by atoms with Crippen molar-refractivity contribution < 1.29 is 0 Å². The van der Waals surface area contributed by atoms with Crippen LogP contribution >= 0.6 is 0 Å². The van der Waals surface area contributed by atoms with Crippen LogP contribution in [0.25, 0.3) is 27.6 Å². The van der Waals surface area contributed by atoms with Crippen LogP contribution in [0.5, 0.6) is 0 Å². The minimum atomic E-state index is 0.165. The monoisotopic (exact) mass is 349 g/mol. The first-order valence-electron chi connectivity index (χ1n) is 9.32. The van der Waals surface area contributed by atoms with Gasteiger partial charge in [-0.25, -0.2) is 0 Å². The van der Waals surface area contributed by atoms with Gasteiger partial charge in [0.15, 0.2) is 0 Å². The summed E-state index contributed by atoms with van der Waals surface area (Å²) in [4.78, 5) is 4.49. The zero-order valence-electron chi connectivity index (χ0n) is 15.8. The molecule has 0 amide bonds. The Bertz CT molecular complexity index is 1160. The number of aliphatic imine (C=N–C) groups is 1. The van der Waals surface area contributed by atoms with Crippen LogP contribution in [0.2, 0.25) is 0 Å². The summed E-state index contributed by atoms with van der Waals surface area (Å²) in [6, 6.07) is 19.5. The molecular formula is C26H23N. The van der Waals surface area contributed by atoms with E-state index in [1.807, 2.05) is 12.3 Å². The molecule has 1 atom stereocenters. The summed E-state index contributed by atoms with van der Waals surface area (Å²) >= 11 is 0. The van der Waals surface area contributed by atoms with Gasteiger partial charge in [0.05, 0.1) is 5.70 Å². The van der Waals surface area contributed by atoms with Gasteiger partial charge in [0.25, 0.3) is 0 Å². The van der Waals surface area contributed by atoms with E-state index in [0.29, 0.717) is 0 Å². The number of fused-ring (bicyclic) bond motifs is 3. The van der Waals surface area contributed by atoms with E-state index in [9.17, 15) is 0 Å². The van der Waals surface area contributed by atoms with Gasteiger partial charge >= 0.3 is 0 Å². The first kappa shape index (κ1) is 17.2. The summed E-state index contributed by atoms with van der Waals surface area (Å²) in [5, 5.41) is 5.13. The number of benzene rings is 3. The Labute approximate surface area is 160 Å². The van der Waals surface area contributed by atoms with Crippen molar-refractivity contribution >= 4 is 33.8 Å². The van der Waals surface area contributed by atoms with Crippen LogP contribution in [0.15, 0.2) is 101 Å². The first-order valence-corrected chi connectivity index (χ1v) is 9.32. The first-order chi connectivity index (χ1) is 13.2. The molecule has 1 heterocycles. The van der Waals surface area contributed by atoms with E-state index in [1.54, 1.807) is 0 Å². The molecule has 1 unspecified atom stereocenters. The molecule has 0 spiro atoms. The highest BCUT2D eigenvalue weighted by molar-refractivity contribution is 6.10. The van der Waals surface area contributed by atoms with Gasteiger partial charge in [-0.1, -0.05) is 85.0 Å². The molecule has 1 nitrogen and oxygen atoms in total. The molecule has 0 aromatic heterocycles. The molecule has 0 radical (unpaired) electrons. The third-order valence-corrected chi connectivity index (χ3v) is 5.16. The Hall–Kier alpha value is -3.19. The van der Waals surface area contributed by atoms with Gasteiger partial charge < -0.3 is 0 Å². The number of allylic oxidation sites excluding steroid dienone is 4. The van der Waals surface area contributed by atoms with Crippen LogP contribution < -0.4 is 0 Å². The number of hydrogen-bond acceptors (Lipinski definition) is 1. The Morgan fingerprint density at radius 1 is 1.00 bits per heavy atom. The fourth-order valence-corrected chi connectivity index (χ4v) is 3.62. The van der Waals surface area contributed by atoms with E-state index in [2.05, 4.69) is 98.2 Å². The summed E-state index contributed by atoms with van der Waals surface area (Å²) in [5.41, 5.74) is 4.79. The van der Waals surface area contributed by atoms with Crippen molar-refractivity contribution in [3.8, 4) is 0 Å². The smallest absolute Gasteiger partial charge is 0.0555 e. The molecule has 27 heavy (non-hydrogen) atoms. The topological polar surface area (TPSA) is 12.4 Å². The third kappa shape index (κ3) is 3.29. The van der Waals surface area contributed by atoms with Gasteiger partial charge in [0, 0.05) is 12.1 Å². The standard InChI is InChI=1S/C26H23N/c1-4-18(2)15-22(26-19(3)17-27-26)14-13-21-16-20-9-5-6-10-23(20)25-12-8-7-11-24(21)25/h4-17,22H,1H2,2-3H3/b14-13?,18-15-. The summed E-state index contributed by atoms with van der Waals surface area (Å²) in [6.45, 7) is 8.08. The second-order valence-electron chi connectivity index (χ2n) is 7.06. The van der Waals surface area contributed by atoms with Gasteiger partial charge in [-0.3, -0.25) is 4.99 Å². The molecule has 1 aliphatic rings. The van der Waals surface area contributed by atoms with Crippen LogP contribution in [0.1, 0.15) is 19.4 Å². The zero-order valence-corrected chi connectivity index (χ0v) is 15.8. The Morgan fingerprint density at radius 3 is 2.37 bits per heavy atom. The minimum Gasteiger partial charge on any atom is -0.260 e. The molecule has 0 bridgehead atoms. The van der Waals surface area contributed by atoms with Crippen molar-refractivity contribution in [2.75, 3.05) is 0 Å². The van der Waals surface area contributed by atoms with Crippen LogP contribution in [-0.4, -0.2) is 6.21 Å². The molecule has 0 saturated carbocycles. The molecule has 0 fully saturated rings. The van der Waals surface area contributed by atoms with Crippen molar-refractivity contribution in [3.05, 3.63) is 102 Å². The van der Waals surface area contributed by atoms with Crippen molar-refractivity contribution in [1.82, 2.24) is 0 Å². The highest BCUT2D eigenvalue weighted by atomic mass is 14.8. The molecule has 132 valence electrons. The summed E-state index contributed by atoms with van der Waals surface area (Å²) in [7, 11) is 0. The lowest BCUT2D eigenvalue weighted by Crippen LogP contribution is -2.07. The summed E-state index contributed by atoms with van der Waals surface area (Å²) in [6.07, 6.45) is 10.5. The molecule has 1 aliphatic heterocycles. The van der Waals surface area contributed by atoms with Gasteiger partial charge in [0.1, 0.15) is 0 Å². The minimum absolute atomic E-state index is 0.165. The Morgan fingerprint density at radius 2 is 1.70 bits per heavy atom. The van der Waals surface area contributed by atoms with Crippen molar-refractivity contribution in [2.45, 2.75) is 13.8 Å². The molecule has 4 rings (SSSR count). The maximum Gasteiger partial charge on any atom is 0.0555 e. The van der Waals surface area contributed by atoms with Gasteiger partial charge in [-0.05, 0) is 52.6 Å². The van der Waals surface area contributed by atoms with E-state index in [1.165, 1.54) is 32.7 Å². The van der Waals surface area contributed by atoms with Gasteiger partial charge in [-0.2, -0.15) is 0 Å². The maximum absolute atomic E-state index is 4.49. The van der Waals surface area contributed by atoms with Crippen LogP contribution in [0, 0.1) is 5.92 Å². The van der Waals surface area contributed by atoms with Gasteiger partial charge in [-0.15, -0.1) is 0 Å². The van der Waals surface area contributed by atoms with Crippen LogP contribution in [0.3, 0.4) is 0 Å². The van der Waals surface area contributed by atoms with Crippen molar-refractivity contribution in [2.24, 2.45) is 10.9 Å². The average molecular weight is 349 g/mol. The summed E-state index contributed by atoms with van der Waals surface area (Å²) in [5.74, 6) is 0.165. The van der Waals surface area contributed by atoms with Crippen LogP contribution in [0.4, 0.5) is 0 Å². The maximum atomic E-state index is 4.49. The second kappa shape index (κ2) is 7.20. The normalized spacial score (nSPS) is 15.6. The van der Waals surface area contributed by atoms with Crippen molar-refractivity contribution in [1.29, 1.82) is 0 Å². The lowest BCUT2D eigenvalue weighted by molar-refractivity contribution is 0.911. The number of hydrogen-bond donors (Lipinski definition) is 0. The SMILES string of the molecule is C=C/C(C)=C\C(C=Cc1cc2ccccc2c2ccccc12)C1=C(C)C=N1. The molecule has 0 N–H and O–H groups in total. The molecule has 1 heteroatoms. The largest absolute Gasteiger partial charge is 0.260 e. The highest BCUT2D eigenvalue weighted by Gasteiger charge is 2.15. The van der Waals surface area contributed by atoms with Gasteiger partial charge in [0.2, 0.25) is 0 Å². The molecular weight excluding hydrogens is 326 g/mol. The lowest BCUT2D eigenvalue weighted by Gasteiger charge is -2.18. The zero-order chi connectivity index (χ0) is 18.8. The number of nitrogens with zero attached hydrogens (tertiary/aromatic N) is 1. The van der Waals surface area contributed by atoms with Crippen LogP contribution in [-0.2, 0) is 0 Å². The molecule has 0 saturated heterocycles. The predicted molar refractivity (Wildman–Crippen MR) is 119 cm³/mol. The van der Waals surface area contributed by atoms with Crippen molar-refractivity contribution in [3.63, 3.8) is 0 Å². The fraction of sp³-hybridized carbons (Fsp3) is 0.115. The summed E-state index contributed by atoms with van der Waals surface area (Å²) < 4.78 is 0. The molecule has 3 aromatic rings. The van der Waals surface area contributed by atoms with E-state index >= 15 is 0 Å². The fourth-order valence-electron chi connectivity index (χ4n) is 3.62. The predicted octanol–water partition coefficient (Wildman–Crippen LogP) is 7.11. The Balaban J connectivity index is 1.83. The third-order valence-electron chi connectivity index (χ3n) is 5.16. The number of rotatable bonds is 5. The van der Waals surface area contributed by atoms with E-state index in [0.717, 1.165) is 11.3 Å². The van der Waals surface area contributed by atoms with E-state index < -0.39 is 0 Å². The second-order valence-corrected chi connectivity index (χ2v) is 7.06. The quantitative estimate of drug-likeness (QED) is 0.344. The van der Waals surface area contributed by atoms with E-state index in [-0.39, 0.29) is 5.92 Å². The molecule has 3 aromatic carbocycles. The molecule has 0 aliphatic carbocycles. The highest BCUT2D eigenvalue weighted by Crippen LogP contribution is 2.31. The average Bonchev–Trinajstić information content (AvgIpc) is 2.70. The Kier molecular flexibility index (Phi) is 4.60. The lowest BCUT2D eigenvalue weighted by atomic mass is 9.93. The van der Waals surface area contributed by atoms with E-state index in [4.69, 9.17) is 0 Å².